The molecule has 1 aliphatic heterocycles. The first-order valence-electron chi connectivity index (χ1n) is 9.68. The first-order chi connectivity index (χ1) is 13.5. The molecule has 2 amide bonds. The Bertz CT molecular complexity index is 894. The van der Waals surface area contributed by atoms with Crippen LogP contribution in [0.2, 0.25) is 0 Å². The Kier molecular flexibility index (Phi) is 5.49. The number of halogens is 2. The lowest BCUT2D eigenvalue weighted by molar-refractivity contribution is -0.140. The van der Waals surface area contributed by atoms with Gasteiger partial charge >= 0.3 is 0 Å². The van der Waals surface area contributed by atoms with Gasteiger partial charge in [-0.05, 0) is 48.7 Å². The van der Waals surface area contributed by atoms with Crippen LogP contribution >= 0.6 is 15.9 Å². The summed E-state index contributed by atoms with van der Waals surface area (Å²) in [5.41, 5.74) is 2.30. The lowest BCUT2D eigenvalue weighted by Gasteiger charge is -2.34. The minimum absolute atomic E-state index is 0.0102. The van der Waals surface area contributed by atoms with Gasteiger partial charge in [0.15, 0.2) is 0 Å². The smallest absolute Gasteiger partial charge is 0.244 e. The molecule has 1 aliphatic carbocycles. The van der Waals surface area contributed by atoms with Crippen LogP contribution < -0.4 is 5.32 Å². The van der Waals surface area contributed by atoms with Crippen molar-refractivity contribution in [1.82, 2.24) is 4.90 Å². The zero-order valence-corrected chi connectivity index (χ0v) is 17.0. The normalized spacial score (nSPS) is 20.3. The van der Waals surface area contributed by atoms with Gasteiger partial charge in [0.2, 0.25) is 11.8 Å². The number of anilines is 1. The maximum Gasteiger partial charge on any atom is 0.244 e. The molecule has 0 spiro atoms. The van der Waals surface area contributed by atoms with Crippen molar-refractivity contribution >= 4 is 33.4 Å². The van der Waals surface area contributed by atoms with Crippen molar-refractivity contribution in [3.05, 3.63) is 63.9 Å². The molecule has 4 nitrogen and oxygen atoms in total. The fraction of sp³-hybridized carbons (Fsp3) is 0.364. The number of rotatable bonds is 2. The predicted octanol–water partition coefficient (Wildman–Crippen LogP) is 5.04. The van der Waals surface area contributed by atoms with E-state index in [1.807, 2.05) is 18.2 Å². The van der Waals surface area contributed by atoms with Gasteiger partial charge in [-0.1, -0.05) is 47.3 Å². The molecule has 0 bridgehead atoms. The SMILES string of the molecule is O=C1CN(C(=O)C2CCCCC2)[C@@H](c2ccc(F)cc2)c2cc(Br)ccc2N1. The molecule has 6 heteroatoms. The molecule has 1 N–H and O–H groups in total. The molecule has 0 unspecified atom stereocenters. The lowest BCUT2D eigenvalue weighted by atomic mass is 9.87. The van der Waals surface area contributed by atoms with Crippen LogP contribution in [0.3, 0.4) is 0 Å². The number of nitrogens with zero attached hydrogens (tertiary/aromatic N) is 1. The number of benzene rings is 2. The van der Waals surface area contributed by atoms with Crippen LogP contribution in [0.5, 0.6) is 0 Å². The van der Waals surface area contributed by atoms with Gasteiger partial charge in [-0.25, -0.2) is 4.39 Å². The number of hydrogen-bond donors (Lipinski definition) is 1. The second kappa shape index (κ2) is 8.03. The second-order valence-corrected chi connectivity index (χ2v) is 8.45. The third kappa shape index (κ3) is 3.83. The molecule has 0 radical (unpaired) electrons. The van der Waals surface area contributed by atoms with Crippen molar-refractivity contribution in [3.8, 4) is 0 Å². The van der Waals surface area contributed by atoms with Crippen molar-refractivity contribution < 1.29 is 14.0 Å². The molecule has 1 atom stereocenters. The summed E-state index contributed by atoms with van der Waals surface area (Å²) >= 11 is 3.50. The fourth-order valence-electron chi connectivity index (χ4n) is 4.27. The van der Waals surface area contributed by atoms with Gasteiger partial charge in [-0.3, -0.25) is 9.59 Å². The van der Waals surface area contributed by atoms with Crippen molar-refractivity contribution in [2.45, 2.75) is 38.1 Å². The van der Waals surface area contributed by atoms with Gasteiger partial charge in [0.1, 0.15) is 12.4 Å². The molecule has 0 aromatic heterocycles. The van der Waals surface area contributed by atoms with E-state index in [1.165, 1.54) is 12.1 Å². The zero-order valence-electron chi connectivity index (χ0n) is 15.5. The Labute approximate surface area is 172 Å². The maximum atomic E-state index is 13.5. The Morgan fingerprint density at radius 1 is 1.07 bits per heavy atom. The molecule has 0 saturated heterocycles. The molecule has 1 heterocycles. The maximum absolute atomic E-state index is 13.5. The first-order valence-corrected chi connectivity index (χ1v) is 10.5. The number of carbonyl (C=O) groups excluding carboxylic acids is 2. The average molecular weight is 445 g/mol. The highest BCUT2D eigenvalue weighted by atomic mass is 79.9. The van der Waals surface area contributed by atoms with Gasteiger partial charge < -0.3 is 10.2 Å². The minimum Gasteiger partial charge on any atom is -0.324 e. The van der Waals surface area contributed by atoms with Crippen LogP contribution in [-0.2, 0) is 9.59 Å². The van der Waals surface area contributed by atoms with E-state index >= 15 is 0 Å². The van der Waals surface area contributed by atoms with Gasteiger partial charge in [-0.2, -0.15) is 0 Å². The Balaban J connectivity index is 1.82. The summed E-state index contributed by atoms with van der Waals surface area (Å²) in [6, 6.07) is 11.4. The Morgan fingerprint density at radius 2 is 1.79 bits per heavy atom. The number of carbonyl (C=O) groups is 2. The summed E-state index contributed by atoms with van der Waals surface area (Å²) < 4.78 is 14.4. The first kappa shape index (κ1) is 19.1. The van der Waals surface area contributed by atoms with E-state index in [4.69, 9.17) is 0 Å². The molecular weight excluding hydrogens is 423 g/mol. The Hall–Kier alpha value is -2.21. The number of fused-ring (bicyclic) bond motifs is 1. The summed E-state index contributed by atoms with van der Waals surface area (Å²) in [7, 11) is 0. The topological polar surface area (TPSA) is 49.4 Å². The van der Waals surface area contributed by atoms with Gasteiger partial charge in [-0.15, -0.1) is 0 Å². The van der Waals surface area contributed by atoms with Crippen LogP contribution in [0.15, 0.2) is 46.9 Å². The van der Waals surface area contributed by atoms with Gasteiger partial charge in [0.05, 0.1) is 6.04 Å². The summed E-state index contributed by atoms with van der Waals surface area (Å²) in [6.07, 6.45) is 4.96. The zero-order chi connectivity index (χ0) is 19.7. The molecule has 4 rings (SSSR count). The van der Waals surface area contributed by atoms with E-state index in [2.05, 4.69) is 21.2 Å². The van der Waals surface area contributed by atoms with E-state index in [-0.39, 0.29) is 30.1 Å². The van der Waals surface area contributed by atoms with Crippen LogP contribution in [0.1, 0.15) is 49.3 Å². The van der Waals surface area contributed by atoms with Gasteiger partial charge in [0, 0.05) is 21.6 Å². The molecule has 1 saturated carbocycles. The highest BCUT2D eigenvalue weighted by molar-refractivity contribution is 9.10. The van der Waals surface area contributed by atoms with Gasteiger partial charge in [0.25, 0.3) is 0 Å². The largest absolute Gasteiger partial charge is 0.324 e. The van der Waals surface area contributed by atoms with Crippen molar-refractivity contribution in [1.29, 1.82) is 0 Å². The van der Waals surface area contributed by atoms with Crippen LogP contribution in [-0.4, -0.2) is 23.3 Å². The van der Waals surface area contributed by atoms with E-state index in [9.17, 15) is 14.0 Å². The fourth-order valence-corrected chi connectivity index (χ4v) is 4.65. The Morgan fingerprint density at radius 3 is 2.50 bits per heavy atom. The summed E-state index contributed by atoms with van der Waals surface area (Å²) in [5, 5.41) is 2.92. The second-order valence-electron chi connectivity index (χ2n) is 7.53. The molecule has 2 aliphatic rings. The summed E-state index contributed by atoms with van der Waals surface area (Å²) in [4.78, 5) is 27.7. The van der Waals surface area contributed by atoms with E-state index in [0.29, 0.717) is 5.69 Å². The average Bonchev–Trinajstić information content (AvgIpc) is 2.84. The van der Waals surface area contributed by atoms with Crippen molar-refractivity contribution in [3.63, 3.8) is 0 Å². The standard InChI is InChI=1S/C22H22BrFN2O2/c23-16-8-11-19-18(12-16)21(14-6-9-17(24)10-7-14)26(13-20(27)25-19)22(28)15-4-2-1-3-5-15/h6-12,15,21H,1-5,13H2,(H,25,27)/t21-/m0/s1. The number of hydrogen-bond acceptors (Lipinski definition) is 2. The van der Waals surface area contributed by atoms with Crippen LogP contribution in [0.25, 0.3) is 0 Å². The monoisotopic (exact) mass is 444 g/mol. The minimum atomic E-state index is -0.443. The third-order valence-electron chi connectivity index (χ3n) is 5.63. The molecule has 28 heavy (non-hydrogen) atoms. The highest BCUT2D eigenvalue weighted by Gasteiger charge is 2.36. The van der Waals surface area contributed by atoms with Crippen LogP contribution in [0.4, 0.5) is 10.1 Å². The molecular formula is C22H22BrFN2O2. The molecule has 2 aromatic carbocycles. The molecule has 146 valence electrons. The predicted molar refractivity (Wildman–Crippen MR) is 109 cm³/mol. The number of nitrogens with one attached hydrogen (secondary N) is 1. The van der Waals surface area contributed by atoms with E-state index in [1.54, 1.807) is 17.0 Å². The quantitative estimate of drug-likeness (QED) is 0.705. The summed E-state index contributed by atoms with van der Waals surface area (Å²) in [5.74, 6) is -0.584. The summed E-state index contributed by atoms with van der Waals surface area (Å²) in [6.45, 7) is -0.0102. The third-order valence-corrected chi connectivity index (χ3v) is 6.12. The molecule has 1 fully saturated rings. The van der Waals surface area contributed by atoms with E-state index in [0.717, 1.165) is 47.7 Å². The van der Waals surface area contributed by atoms with E-state index < -0.39 is 6.04 Å². The highest BCUT2D eigenvalue weighted by Crippen LogP contribution is 2.39. The van der Waals surface area contributed by atoms with Crippen molar-refractivity contribution in [2.24, 2.45) is 5.92 Å². The molecule has 2 aromatic rings. The lowest BCUT2D eigenvalue weighted by Crippen LogP contribution is -2.42. The van der Waals surface area contributed by atoms with Crippen LogP contribution in [0, 0.1) is 11.7 Å². The number of amides is 2. The van der Waals surface area contributed by atoms with Crippen molar-refractivity contribution in [2.75, 3.05) is 11.9 Å².